The Kier molecular flexibility index (Phi) is 5.05. The van der Waals surface area contributed by atoms with E-state index in [1.165, 1.54) is 36.8 Å². The van der Waals surface area contributed by atoms with Gasteiger partial charge in [-0.15, -0.1) is 0 Å². The zero-order chi connectivity index (χ0) is 18.6. The molecule has 0 saturated heterocycles. The van der Waals surface area contributed by atoms with Crippen LogP contribution in [0.2, 0.25) is 0 Å². The van der Waals surface area contributed by atoms with Gasteiger partial charge in [-0.1, -0.05) is 49.2 Å². The summed E-state index contributed by atoms with van der Waals surface area (Å²) in [7, 11) is 0. The number of nitrogens with one attached hydrogen (secondary N) is 2. The van der Waals surface area contributed by atoms with E-state index in [-0.39, 0.29) is 0 Å². The maximum atomic E-state index is 4.78. The van der Waals surface area contributed by atoms with Crippen LogP contribution in [0.4, 0.5) is 17.5 Å². The summed E-state index contributed by atoms with van der Waals surface area (Å²) in [5.41, 5.74) is 5.55. The molecule has 1 aliphatic carbocycles. The fourth-order valence-corrected chi connectivity index (χ4v) is 3.78. The summed E-state index contributed by atoms with van der Waals surface area (Å²) in [4.78, 5) is 9.53. The average Bonchev–Trinajstić information content (AvgIpc) is 3.14. The SMILES string of the molecule is Cc1cc(C)cc(Nc2cc(-c3ccccc3)nc(NC3CCCC3)n2)c1. The summed E-state index contributed by atoms with van der Waals surface area (Å²) in [5, 5.41) is 7.01. The van der Waals surface area contributed by atoms with Crippen molar-refractivity contribution in [3.8, 4) is 11.3 Å². The largest absolute Gasteiger partial charge is 0.351 e. The van der Waals surface area contributed by atoms with Gasteiger partial charge < -0.3 is 10.6 Å². The van der Waals surface area contributed by atoms with Crippen LogP contribution in [-0.4, -0.2) is 16.0 Å². The summed E-state index contributed by atoms with van der Waals surface area (Å²) in [6.07, 6.45) is 4.95. The average molecular weight is 358 g/mol. The lowest BCUT2D eigenvalue weighted by Gasteiger charge is -2.15. The normalized spacial score (nSPS) is 14.3. The van der Waals surface area contributed by atoms with Gasteiger partial charge in [-0.2, -0.15) is 4.98 Å². The highest BCUT2D eigenvalue weighted by Crippen LogP contribution is 2.26. The van der Waals surface area contributed by atoms with Crippen molar-refractivity contribution < 1.29 is 0 Å². The third-order valence-electron chi connectivity index (χ3n) is 4.98. The standard InChI is InChI=1S/C23H26N4/c1-16-12-17(2)14-20(13-16)24-22-15-21(18-8-4-3-5-9-18)26-23(27-22)25-19-10-6-7-11-19/h3-5,8-9,12-15,19H,6-7,10-11H2,1-2H3,(H2,24,25,26,27). The minimum Gasteiger partial charge on any atom is -0.351 e. The Morgan fingerprint density at radius 2 is 1.56 bits per heavy atom. The monoisotopic (exact) mass is 358 g/mol. The third kappa shape index (κ3) is 4.45. The smallest absolute Gasteiger partial charge is 0.225 e. The fourth-order valence-electron chi connectivity index (χ4n) is 3.78. The van der Waals surface area contributed by atoms with Gasteiger partial charge in [0, 0.05) is 23.4 Å². The van der Waals surface area contributed by atoms with Crippen molar-refractivity contribution in [1.29, 1.82) is 0 Å². The quantitative estimate of drug-likeness (QED) is 0.600. The van der Waals surface area contributed by atoms with E-state index in [1.807, 2.05) is 24.3 Å². The fraction of sp³-hybridized carbons (Fsp3) is 0.304. The van der Waals surface area contributed by atoms with Crippen LogP contribution >= 0.6 is 0 Å². The Labute approximate surface area is 161 Å². The second-order valence-corrected chi connectivity index (χ2v) is 7.46. The second-order valence-electron chi connectivity index (χ2n) is 7.46. The number of anilines is 3. The molecule has 1 heterocycles. The Bertz CT molecular complexity index is 895. The molecular formula is C23H26N4. The van der Waals surface area contributed by atoms with Gasteiger partial charge >= 0.3 is 0 Å². The topological polar surface area (TPSA) is 49.8 Å². The molecule has 0 spiro atoms. The Balaban J connectivity index is 1.68. The van der Waals surface area contributed by atoms with Crippen molar-refractivity contribution in [1.82, 2.24) is 9.97 Å². The van der Waals surface area contributed by atoms with E-state index in [0.29, 0.717) is 12.0 Å². The van der Waals surface area contributed by atoms with Gasteiger partial charge in [0.05, 0.1) is 5.69 Å². The number of hydrogen-bond donors (Lipinski definition) is 2. The number of hydrogen-bond acceptors (Lipinski definition) is 4. The van der Waals surface area contributed by atoms with Crippen LogP contribution in [-0.2, 0) is 0 Å². The minimum absolute atomic E-state index is 0.477. The highest BCUT2D eigenvalue weighted by Gasteiger charge is 2.17. The van der Waals surface area contributed by atoms with E-state index < -0.39 is 0 Å². The van der Waals surface area contributed by atoms with E-state index in [1.54, 1.807) is 0 Å². The molecule has 0 atom stereocenters. The molecule has 27 heavy (non-hydrogen) atoms. The molecule has 1 saturated carbocycles. The summed E-state index contributed by atoms with van der Waals surface area (Å²) >= 11 is 0. The highest BCUT2D eigenvalue weighted by molar-refractivity contribution is 5.67. The Morgan fingerprint density at radius 1 is 0.852 bits per heavy atom. The van der Waals surface area contributed by atoms with Gasteiger partial charge in [-0.25, -0.2) is 4.98 Å². The molecule has 0 aliphatic heterocycles. The van der Waals surface area contributed by atoms with Crippen molar-refractivity contribution in [3.05, 3.63) is 65.7 Å². The summed E-state index contributed by atoms with van der Waals surface area (Å²) < 4.78 is 0. The van der Waals surface area contributed by atoms with Crippen molar-refractivity contribution in [2.75, 3.05) is 10.6 Å². The number of aryl methyl sites for hydroxylation is 2. The zero-order valence-corrected chi connectivity index (χ0v) is 16.0. The lowest BCUT2D eigenvalue weighted by Crippen LogP contribution is -2.17. The first-order valence-corrected chi connectivity index (χ1v) is 9.72. The van der Waals surface area contributed by atoms with Crippen LogP contribution in [0.15, 0.2) is 54.6 Å². The van der Waals surface area contributed by atoms with E-state index in [4.69, 9.17) is 9.97 Å². The molecule has 0 radical (unpaired) electrons. The van der Waals surface area contributed by atoms with Crippen molar-refractivity contribution in [3.63, 3.8) is 0 Å². The molecule has 0 bridgehead atoms. The van der Waals surface area contributed by atoms with Gasteiger partial charge in [0.15, 0.2) is 0 Å². The summed E-state index contributed by atoms with van der Waals surface area (Å²) in [5.74, 6) is 1.52. The molecule has 0 amide bonds. The van der Waals surface area contributed by atoms with Crippen LogP contribution in [0.3, 0.4) is 0 Å². The van der Waals surface area contributed by atoms with E-state index in [9.17, 15) is 0 Å². The molecule has 4 nitrogen and oxygen atoms in total. The maximum Gasteiger partial charge on any atom is 0.225 e. The number of nitrogens with zero attached hydrogens (tertiary/aromatic N) is 2. The van der Waals surface area contributed by atoms with Crippen LogP contribution < -0.4 is 10.6 Å². The van der Waals surface area contributed by atoms with Gasteiger partial charge in [0.2, 0.25) is 5.95 Å². The zero-order valence-electron chi connectivity index (χ0n) is 16.0. The summed E-state index contributed by atoms with van der Waals surface area (Å²) in [6, 6.07) is 19.2. The van der Waals surface area contributed by atoms with E-state index in [0.717, 1.165) is 22.8 Å². The molecule has 1 fully saturated rings. The van der Waals surface area contributed by atoms with Gasteiger partial charge in [0.1, 0.15) is 5.82 Å². The maximum absolute atomic E-state index is 4.78. The molecule has 1 aliphatic rings. The predicted molar refractivity (Wildman–Crippen MR) is 113 cm³/mol. The van der Waals surface area contributed by atoms with Crippen molar-refractivity contribution in [2.45, 2.75) is 45.6 Å². The van der Waals surface area contributed by atoms with Crippen LogP contribution in [0.1, 0.15) is 36.8 Å². The summed E-state index contributed by atoms with van der Waals surface area (Å²) in [6.45, 7) is 4.22. The first-order chi connectivity index (χ1) is 13.2. The first kappa shape index (κ1) is 17.5. The van der Waals surface area contributed by atoms with Gasteiger partial charge in [-0.05, 0) is 49.9 Å². The molecule has 4 heteroatoms. The van der Waals surface area contributed by atoms with Gasteiger partial charge in [0.25, 0.3) is 0 Å². The molecule has 1 aromatic heterocycles. The van der Waals surface area contributed by atoms with Gasteiger partial charge in [-0.3, -0.25) is 0 Å². The lowest BCUT2D eigenvalue weighted by molar-refractivity contribution is 0.744. The molecule has 2 N–H and O–H groups in total. The van der Waals surface area contributed by atoms with Crippen LogP contribution in [0.25, 0.3) is 11.3 Å². The molecule has 4 rings (SSSR count). The minimum atomic E-state index is 0.477. The molecule has 138 valence electrons. The van der Waals surface area contributed by atoms with Crippen LogP contribution in [0.5, 0.6) is 0 Å². The molecular weight excluding hydrogens is 332 g/mol. The Morgan fingerprint density at radius 3 is 2.26 bits per heavy atom. The second kappa shape index (κ2) is 7.78. The number of aromatic nitrogens is 2. The van der Waals surface area contributed by atoms with E-state index in [2.05, 4.69) is 54.8 Å². The van der Waals surface area contributed by atoms with Crippen molar-refractivity contribution >= 4 is 17.5 Å². The van der Waals surface area contributed by atoms with E-state index >= 15 is 0 Å². The number of benzene rings is 2. The van der Waals surface area contributed by atoms with Crippen LogP contribution in [0, 0.1) is 13.8 Å². The van der Waals surface area contributed by atoms with Crippen molar-refractivity contribution in [2.24, 2.45) is 0 Å². The molecule has 0 unspecified atom stereocenters. The Hall–Kier alpha value is -2.88. The number of rotatable bonds is 5. The predicted octanol–water partition coefficient (Wildman–Crippen LogP) is 5.86. The third-order valence-corrected chi connectivity index (χ3v) is 4.98. The highest BCUT2D eigenvalue weighted by atomic mass is 15.2. The first-order valence-electron chi connectivity index (χ1n) is 9.72. The molecule has 2 aromatic carbocycles. The lowest BCUT2D eigenvalue weighted by atomic mass is 10.1. The molecule has 3 aromatic rings.